The Kier molecular flexibility index (Phi) is 13.9. The topological polar surface area (TPSA) is 175 Å². The van der Waals surface area contributed by atoms with Crippen LogP contribution in [0.3, 0.4) is 0 Å². The molecule has 0 bridgehead atoms. The first-order valence-corrected chi connectivity index (χ1v) is 19.9. The van der Waals surface area contributed by atoms with Crippen LogP contribution >= 0.6 is 11.8 Å². The number of fused-ring (bicyclic) bond motifs is 2. The number of Topliss-reactive ketones (excluding diaryl/α,β-unsaturated/α-hetero) is 1. The van der Waals surface area contributed by atoms with Crippen molar-refractivity contribution in [2.45, 2.75) is 43.9 Å². The maximum atomic E-state index is 15.2. The largest absolute Gasteiger partial charge is 0.388 e. The van der Waals surface area contributed by atoms with Gasteiger partial charge in [-0.05, 0) is 56.3 Å². The van der Waals surface area contributed by atoms with Crippen LogP contribution in [0.5, 0.6) is 0 Å². The number of nitrogens with two attached hydrogens (primary N) is 2. The van der Waals surface area contributed by atoms with Crippen LogP contribution in [0.2, 0.25) is 0 Å². The molecule has 1 saturated heterocycles. The average molecular weight is 756 g/mol. The summed E-state index contributed by atoms with van der Waals surface area (Å²) in [6, 6.07) is 8.07. The molecule has 13 nitrogen and oxygen atoms in total. The summed E-state index contributed by atoms with van der Waals surface area (Å²) >= 11 is 1.45. The first-order chi connectivity index (χ1) is 26.4. The van der Waals surface area contributed by atoms with Crippen LogP contribution < -0.4 is 21.7 Å². The summed E-state index contributed by atoms with van der Waals surface area (Å²) in [6.45, 7) is 7.18. The predicted octanol–water partition coefficient (Wildman–Crippen LogP) is 3.45. The van der Waals surface area contributed by atoms with E-state index in [1.807, 2.05) is 37.5 Å². The molecule has 1 aliphatic carbocycles. The minimum Gasteiger partial charge on any atom is -0.388 e. The summed E-state index contributed by atoms with van der Waals surface area (Å²) in [7, 11) is 0. The van der Waals surface area contributed by atoms with Gasteiger partial charge in [0.05, 0.1) is 25.1 Å². The van der Waals surface area contributed by atoms with Gasteiger partial charge in [0.15, 0.2) is 0 Å². The molecule has 54 heavy (non-hydrogen) atoms. The number of rotatable bonds is 10. The molecule has 1 aromatic carbocycles. The number of para-hydroxylation sites is 1. The molecular weight excluding hydrogens is 703 g/mol. The highest BCUT2D eigenvalue weighted by molar-refractivity contribution is 8.03. The van der Waals surface area contributed by atoms with Gasteiger partial charge in [-0.2, -0.15) is 0 Å². The fourth-order valence-corrected chi connectivity index (χ4v) is 8.79. The van der Waals surface area contributed by atoms with Gasteiger partial charge in [-0.1, -0.05) is 36.9 Å². The van der Waals surface area contributed by atoms with Crippen molar-refractivity contribution in [2.75, 3.05) is 77.0 Å². The highest BCUT2D eigenvalue weighted by Crippen LogP contribution is 2.46. The van der Waals surface area contributed by atoms with Crippen LogP contribution in [0.15, 0.2) is 75.6 Å². The number of amides is 2. The number of morpholine rings is 1. The molecule has 0 spiro atoms. The van der Waals surface area contributed by atoms with Gasteiger partial charge in [0.25, 0.3) is 5.91 Å². The van der Waals surface area contributed by atoms with E-state index in [4.69, 9.17) is 16.2 Å². The zero-order valence-electron chi connectivity index (χ0n) is 31.2. The Bertz CT molecular complexity index is 1870. The highest BCUT2D eigenvalue weighted by atomic mass is 32.2. The Morgan fingerprint density at radius 3 is 2.59 bits per heavy atom. The van der Waals surface area contributed by atoms with Crippen LogP contribution in [-0.2, 0) is 25.5 Å². The lowest BCUT2D eigenvalue weighted by Gasteiger charge is -2.36. The minimum atomic E-state index is -0.433. The molecule has 2 atom stereocenters. The second-order valence-electron chi connectivity index (χ2n) is 14.0. The summed E-state index contributed by atoms with van der Waals surface area (Å²) < 4.78 is 5.67. The number of carbonyl (C=O) groups is 3. The molecule has 2 aromatic heterocycles. The summed E-state index contributed by atoms with van der Waals surface area (Å²) in [5, 5.41) is 4.30. The van der Waals surface area contributed by atoms with Gasteiger partial charge < -0.3 is 41.2 Å². The number of carbonyl (C=O) groups excluding carboxylic acids is 3. The Morgan fingerprint density at radius 1 is 0.981 bits per heavy atom. The van der Waals surface area contributed by atoms with Crippen LogP contribution in [0.25, 0.3) is 10.9 Å². The molecular formula is C40H53N9O4S. The van der Waals surface area contributed by atoms with Gasteiger partial charge in [-0.15, -0.1) is 0 Å². The molecule has 1 fully saturated rings. The zero-order chi connectivity index (χ0) is 37.9. The van der Waals surface area contributed by atoms with E-state index in [2.05, 4.69) is 31.2 Å². The van der Waals surface area contributed by atoms with E-state index in [0.717, 1.165) is 32.6 Å². The fourth-order valence-electron chi connectivity index (χ4n) is 7.44. The van der Waals surface area contributed by atoms with Crippen molar-refractivity contribution in [1.29, 1.82) is 0 Å². The number of anilines is 1. The van der Waals surface area contributed by atoms with Gasteiger partial charge in [0.2, 0.25) is 5.91 Å². The SMILES string of the molecule is CC1C2=C(CC(=O)[C@H]1Cc1c[nH]c3ccccc13)Sc1c(cncc1N1CCOCC1)C=N/C=C\NCCN(CCCN)C(=O)CN(CCCCN)C2=O. The number of hydrogen-bond acceptors (Lipinski definition) is 11. The quantitative estimate of drug-likeness (QED) is 0.225. The average Bonchev–Trinajstić information content (AvgIpc) is 3.59. The van der Waals surface area contributed by atoms with E-state index in [0.29, 0.717) is 102 Å². The Morgan fingerprint density at radius 2 is 1.78 bits per heavy atom. The fraction of sp³-hybridized carbons (Fsp3) is 0.475. The first-order valence-electron chi connectivity index (χ1n) is 19.1. The number of ketones is 1. The first kappa shape index (κ1) is 39.2. The van der Waals surface area contributed by atoms with Crippen LogP contribution in [0.1, 0.15) is 43.7 Å². The number of nitrogens with zero attached hydrogens (tertiary/aromatic N) is 5. The van der Waals surface area contributed by atoms with Crippen molar-refractivity contribution in [1.82, 2.24) is 25.1 Å². The maximum Gasteiger partial charge on any atom is 0.251 e. The molecule has 288 valence electrons. The van der Waals surface area contributed by atoms with Crippen molar-refractivity contribution in [3.8, 4) is 0 Å². The summed E-state index contributed by atoms with van der Waals surface area (Å²) in [5.74, 6) is -1.13. The van der Waals surface area contributed by atoms with Gasteiger partial charge in [0.1, 0.15) is 12.3 Å². The summed E-state index contributed by atoms with van der Waals surface area (Å²) in [4.78, 5) is 63.4. The van der Waals surface area contributed by atoms with E-state index in [-0.39, 0.29) is 30.6 Å². The molecule has 6 N–H and O–H groups in total. The highest BCUT2D eigenvalue weighted by Gasteiger charge is 2.40. The molecule has 4 heterocycles. The molecule has 14 heteroatoms. The second kappa shape index (κ2) is 19.2. The number of aromatic nitrogens is 2. The number of aromatic amines is 1. The lowest BCUT2D eigenvalue weighted by molar-refractivity contribution is -0.139. The van der Waals surface area contributed by atoms with Crippen molar-refractivity contribution >= 4 is 52.2 Å². The summed E-state index contributed by atoms with van der Waals surface area (Å²) in [5.41, 5.74) is 16.1. The Labute approximate surface area is 321 Å². The number of pyridine rings is 1. The number of thioether (sulfide) groups is 1. The molecule has 3 aliphatic rings. The Hall–Kier alpha value is -4.50. The summed E-state index contributed by atoms with van der Waals surface area (Å²) in [6.07, 6.45) is 13.4. The second-order valence-corrected chi connectivity index (χ2v) is 15.1. The molecule has 2 amide bonds. The molecule has 0 saturated carbocycles. The number of ether oxygens (including phenoxy) is 1. The van der Waals surface area contributed by atoms with Crippen molar-refractivity contribution in [2.24, 2.45) is 28.3 Å². The van der Waals surface area contributed by atoms with Crippen LogP contribution in [0.4, 0.5) is 5.69 Å². The molecule has 0 radical (unpaired) electrons. The predicted molar refractivity (Wildman–Crippen MR) is 214 cm³/mol. The standard InChI is InChI=1S/C40H53N9O4S/c1-28-32(21-29-25-46-33-8-3-2-7-31(29)33)35(50)22-36-38(28)40(52)49(14-5-4-9-41)27-37(51)48(15-6-10-42)16-13-43-11-12-44-23-30-24-45-26-34(39(30)54-36)47-17-19-53-20-18-47/h2-3,7-8,11-12,23-26,28,32,43,46H,4-6,9-10,13-22,27,41-42H2,1H3/b12-11-,44-23?/t28?,32-/m0/s1. The number of allylic oxidation sites excluding steroid dienone is 1. The van der Waals surface area contributed by atoms with Gasteiger partial charge >= 0.3 is 0 Å². The van der Waals surface area contributed by atoms with Crippen molar-refractivity contribution in [3.63, 3.8) is 0 Å². The third-order valence-corrected chi connectivity index (χ3v) is 11.7. The number of benzene rings is 1. The number of unbranched alkanes of at least 4 members (excludes halogenated alkanes) is 1. The van der Waals surface area contributed by atoms with Crippen LogP contribution in [-0.4, -0.2) is 116 Å². The Balaban J connectivity index is 1.47. The molecule has 2 aliphatic heterocycles. The van der Waals surface area contributed by atoms with Crippen LogP contribution in [0, 0.1) is 11.8 Å². The van der Waals surface area contributed by atoms with E-state index in [9.17, 15) is 9.59 Å². The number of H-pyrrole nitrogens is 1. The zero-order valence-corrected chi connectivity index (χ0v) is 32.0. The third-order valence-electron chi connectivity index (χ3n) is 10.4. The number of nitrogens with one attached hydrogen (secondary N) is 2. The van der Waals surface area contributed by atoms with E-state index < -0.39 is 11.8 Å². The monoisotopic (exact) mass is 755 g/mol. The van der Waals surface area contributed by atoms with Gasteiger partial charge in [-0.3, -0.25) is 24.4 Å². The van der Waals surface area contributed by atoms with Crippen molar-refractivity contribution < 1.29 is 19.1 Å². The van der Waals surface area contributed by atoms with E-state index in [1.54, 1.807) is 34.6 Å². The molecule has 3 aromatic rings. The van der Waals surface area contributed by atoms with E-state index >= 15 is 4.79 Å². The number of aliphatic imine (C=N–C) groups is 1. The molecule has 1 unspecified atom stereocenters. The smallest absolute Gasteiger partial charge is 0.251 e. The lowest BCUT2D eigenvalue weighted by atomic mass is 9.75. The van der Waals surface area contributed by atoms with Gasteiger partial charge in [-0.25, -0.2) is 0 Å². The molecule has 6 rings (SSSR count). The third kappa shape index (κ3) is 9.41. The van der Waals surface area contributed by atoms with Gasteiger partial charge in [0, 0.05) is 114 Å². The normalized spacial score (nSPS) is 21.2. The van der Waals surface area contributed by atoms with Crippen molar-refractivity contribution in [3.05, 3.63) is 76.9 Å². The minimum absolute atomic E-state index is 0.0817. The van der Waals surface area contributed by atoms with E-state index in [1.165, 1.54) is 11.8 Å². The maximum absolute atomic E-state index is 15.2. The number of hydrogen-bond donors (Lipinski definition) is 4. The lowest BCUT2D eigenvalue weighted by Crippen LogP contribution is -2.47.